The van der Waals surface area contributed by atoms with Gasteiger partial charge in [0.2, 0.25) is 5.91 Å². The first-order chi connectivity index (χ1) is 7.90. The predicted molar refractivity (Wildman–Crippen MR) is 69.7 cm³/mol. The molecule has 3 heteroatoms. The predicted octanol–water partition coefficient (Wildman–Crippen LogP) is 2.48. The Balaban J connectivity index is 2.24. The Labute approximate surface area is 105 Å². The quantitative estimate of drug-likeness (QED) is 0.794. The Morgan fingerprint density at radius 3 is 2.29 bits per heavy atom. The number of rotatable bonds is 4. The Morgan fingerprint density at radius 1 is 1.24 bits per heavy atom. The van der Waals surface area contributed by atoms with E-state index in [1.54, 1.807) is 0 Å². The van der Waals surface area contributed by atoms with Gasteiger partial charge in [-0.15, -0.1) is 0 Å². The third-order valence-electron chi connectivity index (χ3n) is 3.44. The van der Waals surface area contributed by atoms with Crippen LogP contribution < -0.4 is 5.32 Å². The maximum absolute atomic E-state index is 11.8. The van der Waals surface area contributed by atoms with Gasteiger partial charge in [0.1, 0.15) is 0 Å². The van der Waals surface area contributed by atoms with Crippen LogP contribution >= 0.6 is 0 Å². The highest BCUT2D eigenvalue weighted by Gasteiger charge is 2.23. The van der Waals surface area contributed by atoms with Gasteiger partial charge < -0.3 is 10.4 Å². The number of hydrogen-bond acceptors (Lipinski definition) is 2. The van der Waals surface area contributed by atoms with Crippen LogP contribution in [0.4, 0.5) is 0 Å². The van der Waals surface area contributed by atoms with Crippen molar-refractivity contribution in [3.05, 3.63) is 0 Å². The number of hydrogen-bond donors (Lipinski definition) is 2. The van der Waals surface area contributed by atoms with Gasteiger partial charge in [-0.1, -0.05) is 20.8 Å². The van der Waals surface area contributed by atoms with E-state index < -0.39 is 0 Å². The lowest BCUT2D eigenvalue weighted by Crippen LogP contribution is -2.39. The van der Waals surface area contributed by atoms with Gasteiger partial charge in [0.15, 0.2) is 0 Å². The number of carbonyl (C=O) groups excluding carboxylic acids is 1. The molecule has 0 heterocycles. The molecule has 2 N–H and O–H groups in total. The van der Waals surface area contributed by atoms with Crippen molar-refractivity contribution in [1.82, 2.24) is 5.32 Å². The molecule has 0 aromatic carbocycles. The molecule has 0 unspecified atom stereocenters. The first kappa shape index (κ1) is 14.5. The molecule has 0 aromatic heterocycles. The third-order valence-corrected chi connectivity index (χ3v) is 3.44. The van der Waals surface area contributed by atoms with Crippen molar-refractivity contribution >= 4 is 5.91 Å². The summed E-state index contributed by atoms with van der Waals surface area (Å²) < 4.78 is 0. The third kappa shape index (κ3) is 6.06. The molecular formula is C14H27NO2. The van der Waals surface area contributed by atoms with E-state index in [0.717, 1.165) is 32.1 Å². The monoisotopic (exact) mass is 241 g/mol. The lowest BCUT2D eigenvalue weighted by atomic mass is 9.84. The summed E-state index contributed by atoms with van der Waals surface area (Å²) in [7, 11) is 0. The molecule has 0 saturated heterocycles. The highest BCUT2D eigenvalue weighted by Crippen LogP contribution is 2.27. The lowest BCUT2D eigenvalue weighted by Gasteiger charge is -2.29. The first-order valence-corrected chi connectivity index (χ1v) is 6.81. The minimum Gasteiger partial charge on any atom is -0.396 e. The van der Waals surface area contributed by atoms with Crippen LogP contribution in [0.3, 0.4) is 0 Å². The van der Waals surface area contributed by atoms with Gasteiger partial charge in [-0.05, 0) is 43.4 Å². The molecule has 0 radical (unpaired) electrons. The summed E-state index contributed by atoms with van der Waals surface area (Å²) in [6.45, 7) is 6.56. The second-order valence-corrected chi connectivity index (χ2v) is 6.53. The van der Waals surface area contributed by atoms with E-state index >= 15 is 0 Å². The van der Waals surface area contributed by atoms with Crippen molar-refractivity contribution in [3.8, 4) is 0 Å². The fourth-order valence-corrected chi connectivity index (χ4v) is 2.54. The van der Waals surface area contributed by atoms with E-state index in [1.165, 1.54) is 0 Å². The Morgan fingerprint density at radius 2 is 1.82 bits per heavy atom. The molecule has 0 atom stereocenters. The second-order valence-electron chi connectivity index (χ2n) is 6.53. The molecule has 17 heavy (non-hydrogen) atoms. The summed E-state index contributed by atoms with van der Waals surface area (Å²) >= 11 is 0. The summed E-state index contributed by atoms with van der Waals surface area (Å²) in [6.07, 6.45) is 5.94. The molecule has 1 fully saturated rings. The van der Waals surface area contributed by atoms with Crippen LogP contribution in [-0.4, -0.2) is 23.7 Å². The van der Waals surface area contributed by atoms with Crippen LogP contribution in [0.2, 0.25) is 0 Å². The molecule has 1 amide bonds. The number of aliphatic hydroxyl groups is 1. The van der Waals surface area contributed by atoms with E-state index in [0.29, 0.717) is 25.0 Å². The summed E-state index contributed by atoms with van der Waals surface area (Å²) in [5, 5.41) is 12.0. The van der Waals surface area contributed by atoms with Crippen LogP contribution in [0.25, 0.3) is 0 Å². The average molecular weight is 241 g/mol. The van der Waals surface area contributed by atoms with Gasteiger partial charge in [0, 0.05) is 19.1 Å². The van der Waals surface area contributed by atoms with Crippen molar-refractivity contribution in [2.24, 2.45) is 11.3 Å². The average Bonchev–Trinajstić information content (AvgIpc) is 2.18. The number of carbonyl (C=O) groups is 1. The highest BCUT2D eigenvalue weighted by atomic mass is 16.3. The van der Waals surface area contributed by atoms with Crippen molar-refractivity contribution < 1.29 is 9.90 Å². The van der Waals surface area contributed by atoms with E-state index in [-0.39, 0.29) is 11.3 Å². The molecule has 1 rings (SSSR count). The van der Waals surface area contributed by atoms with Gasteiger partial charge in [-0.2, -0.15) is 0 Å². The van der Waals surface area contributed by atoms with Crippen molar-refractivity contribution in [1.29, 1.82) is 0 Å². The van der Waals surface area contributed by atoms with Crippen LogP contribution in [0.15, 0.2) is 0 Å². The van der Waals surface area contributed by atoms with Crippen molar-refractivity contribution in [3.63, 3.8) is 0 Å². The van der Waals surface area contributed by atoms with Gasteiger partial charge in [-0.25, -0.2) is 0 Å². The molecule has 0 bridgehead atoms. The van der Waals surface area contributed by atoms with Crippen LogP contribution in [0, 0.1) is 11.3 Å². The van der Waals surface area contributed by atoms with Crippen LogP contribution in [0.5, 0.6) is 0 Å². The molecule has 100 valence electrons. The molecule has 0 aliphatic heterocycles. The summed E-state index contributed by atoms with van der Waals surface area (Å²) in [4.78, 5) is 11.8. The maximum atomic E-state index is 11.8. The minimum absolute atomic E-state index is 0.0676. The zero-order chi connectivity index (χ0) is 12.9. The van der Waals surface area contributed by atoms with Crippen LogP contribution in [0.1, 0.15) is 59.3 Å². The number of amides is 1. The second kappa shape index (κ2) is 6.39. The molecule has 3 nitrogen and oxygen atoms in total. The Kier molecular flexibility index (Phi) is 5.44. The topological polar surface area (TPSA) is 49.3 Å². The molecule has 1 aliphatic rings. The molecule has 0 spiro atoms. The largest absolute Gasteiger partial charge is 0.396 e. The molecule has 1 aliphatic carbocycles. The standard InChI is InChI=1S/C14H27NO2/c1-14(2,3)10-13(17)15-12-6-4-11(5-7-12)8-9-16/h11-12,16H,4-10H2,1-3H3,(H,15,17). The summed E-state index contributed by atoms with van der Waals surface area (Å²) in [5.41, 5.74) is 0.0676. The highest BCUT2D eigenvalue weighted by molar-refractivity contribution is 5.76. The number of aliphatic hydroxyl groups excluding tert-OH is 1. The Bertz CT molecular complexity index is 237. The van der Waals surface area contributed by atoms with E-state index in [4.69, 9.17) is 5.11 Å². The summed E-state index contributed by atoms with van der Waals surface area (Å²) in [6, 6.07) is 0.361. The SMILES string of the molecule is CC(C)(C)CC(=O)NC1CCC(CCO)CC1. The molecule has 1 saturated carbocycles. The Hall–Kier alpha value is -0.570. The molecular weight excluding hydrogens is 214 g/mol. The van der Waals surface area contributed by atoms with E-state index in [9.17, 15) is 4.79 Å². The van der Waals surface area contributed by atoms with Gasteiger partial charge in [-0.3, -0.25) is 4.79 Å². The zero-order valence-electron chi connectivity index (χ0n) is 11.5. The first-order valence-electron chi connectivity index (χ1n) is 6.81. The lowest BCUT2D eigenvalue weighted by molar-refractivity contribution is -0.123. The van der Waals surface area contributed by atoms with Crippen molar-refractivity contribution in [2.75, 3.05) is 6.61 Å². The molecule has 0 aromatic rings. The smallest absolute Gasteiger partial charge is 0.220 e. The van der Waals surface area contributed by atoms with Gasteiger partial charge in [0.05, 0.1) is 0 Å². The zero-order valence-corrected chi connectivity index (χ0v) is 11.5. The van der Waals surface area contributed by atoms with Gasteiger partial charge in [0.25, 0.3) is 0 Å². The maximum Gasteiger partial charge on any atom is 0.220 e. The van der Waals surface area contributed by atoms with Crippen molar-refractivity contribution in [2.45, 2.75) is 65.3 Å². The fourth-order valence-electron chi connectivity index (χ4n) is 2.54. The van der Waals surface area contributed by atoms with Gasteiger partial charge >= 0.3 is 0 Å². The van der Waals surface area contributed by atoms with E-state index in [1.807, 2.05) is 0 Å². The summed E-state index contributed by atoms with van der Waals surface area (Å²) in [5.74, 6) is 0.846. The van der Waals surface area contributed by atoms with E-state index in [2.05, 4.69) is 26.1 Å². The minimum atomic E-state index is 0.0676. The van der Waals surface area contributed by atoms with Crippen LogP contribution in [-0.2, 0) is 4.79 Å². The normalized spacial score (nSPS) is 25.6. The number of nitrogens with one attached hydrogen (secondary N) is 1. The fraction of sp³-hybridized carbons (Fsp3) is 0.929.